The van der Waals surface area contributed by atoms with E-state index in [1.54, 1.807) is 48.6 Å². The minimum Gasteiger partial charge on any atom is -0.400 e. The molecule has 1 saturated heterocycles. The summed E-state index contributed by atoms with van der Waals surface area (Å²) in [6, 6.07) is 3.34. The maximum absolute atomic E-state index is 13.3. The van der Waals surface area contributed by atoms with Gasteiger partial charge in [0, 0.05) is 44.8 Å². The normalized spacial score (nSPS) is 18.6. The zero-order chi connectivity index (χ0) is 29.0. The number of ether oxygens (including phenoxy) is 2. The lowest BCUT2D eigenvalue weighted by Crippen LogP contribution is -2.62. The van der Waals surface area contributed by atoms with E-state index in [1.807, 2.05) is 0 Å². The summed E-state index contributed by atoms with van der Waals surface area (Å²) in [5.41, 5.74) is 7.09. The number of methoxy groups -OCH3 is 1. The highest BCUT2D eigenvalue weighted by atomic mass is 32.2. The molecule has 2 amide bonds. The van der Waals surface area contributed by atoms with E-state index in [0.29, 0.717) is 16.9 Å². The number of hydrogen-bond acceptors (Lipinski definition) is 12. The van der Waals surface area contributed by atoms with E-state index in [0.717, 1.165) is 11.3 Å². The predicted octanol–water partition coefficient (Wildman–Crippen LogP) is 0.657. The molecule has 0 radical (unpaired) electrons. The summed E-state index contributed by atoms with van der Waals surface area (Å²) in [5.74, 6) is -1.96. The Kier molecular flexibility index (Phi) is 9.17. The number of anilines is 1. The van der Waals surface area contributed by atoms with Gasteiger partial charge in [0.05, 0.1) is 17.9 Å². The number of pyridine rings is 1. The van der Waals surface area contributed by atoms with Crippen molar-refractivity contribution in [3.05, 3.63) is 52.4 Å². The average molecular weight is 590 g/mol. The molecule has 0 aliphatic carbocycles. The third kappa shape index (κ3) is 6.00. The summed E-state index contributed by atoms with van der Waals surface area (Å²) in [5, 5.41) is 5.22. The van der Waals surface area contributed by atoms with Gasteiger partial charge >= 0.3 is 5.97 Å². The smallest absolute Gasteiger partial charge is 0.359 e. The van der Waals surface area contributed by atoms with E-state index in [9.17, 15) is 19.2 Å². The molecule has 0 saturated carbocycles. The number of carbonyl (C=O) groups is 4. The molecule has 13 nitrogen and oxygen atoms in total. The van der Waals surface area contributed by atoms with Crippen LogP contribution < -0.4 is 10.3 Å². The Labute approximate surface area is 238 Å². The van der Waals surface area contributed by atoms with Crippen LogP contribution >= 0.6 is 23.1 Å². The van der Waals surface area contributed by atoms with Crippen molar-refractivity contribution in [3.8, 4) is 0 Å². The van der Waals surface area contributed by atoms with Gasteiger partial charge in [0.15, 0.2) is 29.0 Å². The van der Waals surface area contributed by atoms with Crippen molar-refractivity contribution in [1.82, 2.24) is 14.8 Å². The van der Waals surface area contributed by atoms with Gasteiger partial charge in [-0.2, -0.15) is 4.57 Å². The number of oxime groups is 1. The van der Waals surface area contributed by atoms with E-state index in [2.05, 4.69) is 10.1 Å². The Balaban J connectivity index is 1.48. The second kappa shape index (κ2) is 12.6. The molecule has 1 fully saturated rings. The lowest BCUT2D eigenvalue weighted by atomic mass is 9.89. The van der Waals surface area contributed by atoms with Gasteiger partial charge < -0.3 is 24.9 Å². The number of esters is 1. The van der Waals surface area contributed by atoms with E-state index >= 15 is 0 Å². The Morgan fingerprint density at radius 1 is 1.30 bits per heavy atom. The van der Waals surface area contributed by atoms with Gasteiger partial charge in [0.2, 0.25) is 5.91 Å². The number of carbonyl (C=O) groups excluding carboxylic acids is 4. The number of rotatable bonds is 11. The number of Topliss-reactive ketones (excluding diaryl/α,β-unsaturated/α-hetero) is 1. The molecule has 2 atom stereocenters. The first-order chi connectivity index (χ1) is 19.2. The molecule has 2 aromatic heterocycles. The number of amides is 2. The largest absolute Gasteiger partial charge is 0.400 e. The van der Waals surface area contributed by atoms with Crippen molar-refractivity contribution in [3.63, 3.8) is 0 Å². The number of nitrogens with zero attached hydrogens (tertiary/aromatic N) is 5. The maximum atomic E-state index is 13.3. The van der Waals surface area contributed by atoms with Gasteiger partial charge in [-0.05, 0) is 11.6 Å². The SMILES string of the molecule is COCC1=C(C(=O)OC[n+]2cccc(C(=O)N(C)C)c2)N2C(=O)[C@@H](CC(=O)/C(=N/OC)c3csc(N)n3)[C@H]2SC1. The fourth-order valence-corrected chi connectivity index (χ4v) is 6.25. The minimum atomic E-state index is -0.702. The molecule has 0 bridgehead atoms. The van der Waals surface area contributed by atoms with E-state index in [4.69, 9.17) is 20.0 Å². The molecular weight excluding hydrogens is 560 g/mol. The number of nitrogens with two attached hydrogens (primary N) is 1. The number of ketones is 1. The maximum Gasteiger partial charge on any atom is 0.359 e. The molecular formula is C25H29N6O7S2+. The lowest BCUT2D eigenvalue weighted by molar-refractivity contribution is -0.727. The molecule has 0 spiro atoms. The number of aromatic nitrogens is 2. The van der Waals surface area contributed by atoms with Gasteiger partial charge in [-0.1, -0.05) is 5.16 Å². The highest BCUT2D eigenvalue weighted by molar-refractivity contribution is 8.00. The number of fused-ring (bicyclic) bond motifs is 1. The molecule has 0 aromatic carbocycles. The number of thiazole rings is 1. The topological polar surface area (TPSA) is 158 Å². The second-order valence-corrected chi connectivity index (χ2v) is 11.1. The number of β-lactam (4-membered cyclic amide) rings is 1. The highest BCUT2D eigenvalue weighted by Crippen LogP contribution is 2.45. The summed E-state index contributed by atoms with van der Waals surface area (Å²) in [7, 11) is 6.10. The Bertz CT molecular complexity index is 1390. The number of thioether (sulfide) groups is 1. The van der Waals surface area contributed by atoms with Crippen LogP contribution in [0.15, 0.2) is 46.3 Å². The summed E-state index contributed by atoms with van der Waals surface area (Å²) in [4.78, 5) is 63.7. The van der Waals surface area contributed by atoms with Crippen molar-refractivity contribution in [2.75, 3.05) is 46.4 Å². The molecule has 2 aliphatic rings. The molecule has 2 N–H and O–H groups in total. The summed E-state index contributed by atoms with van der Waals surface area (Å²) in [6.45, 7) is -0.0418. The Morgan fingerprint density at radius 3 is 2.73 bits per heavy atom. The van der Waals surface area contributed by atoms with E-state index < -0.39 is 23.0 Å². The van der Waals surface area contributed by atoms with Crippen molar-refractivity contribution in [1.29, 1.82) is 0 Å². The van der Waals surface area contributed by atoms with Crippen LogP contribution in [0.4, 0.5) is 5.13 Å². The molecule has 0 unspecified atom stereocenters. The lowest BCUT2D eigenvalue weighted by Gasteiger charge is -2.49. The molecule has 212 valence electrons. The average Bonchev–Trinajstić information content (AvgIpc) is 3.38. The third-order valence-electron chi connectivity index (χ3n) is 6.14. The molecule has 4 rings (SSSR count). The van der Waals surface area contributed by atoms with Crippen LogP contribution in [0.25, 0.3) is 0 Å². The van der Waals surface area contributed by atoms with E-state index in [1.165, 1.54) is 35.8 Å². The summed E-state index contributed by atoms with van der Waals surface area (Å²) < 4.78 is 12.4. The predicted molar refractivity (Wildman–Crippen MR) is 146 cm³/mol. The highest BCUT2D eigenvalue weighted by Gasteiger charge is 2.54. The van der Waals surface area contributed by atoms with Gasteiger partial charge in [0.25, 0.3) is 12.6 Å². The molecule has 15 heteroatoms. The van der Waals surface area contributed by atoms with Gasteiger partial charge in [-0.15, -0.1) is 23.1 Å². The first-order valence-corrected chi connectivity index (χ1v) is 14.0. The van der Waals surface area contributed by atoms with Crippen molar-refractivity contribution in [2.24, 2.45) is 11.1 Å². The first kappa shape index (κ1) is 29.2. The van der Waals surface area contributed by atoms with Crippen molar-refractivity contribution < 1.29 is 38.1 Å². The van der Waals surface area contributed by atoms with Crippen LogP contribution in [0.3, 0.4) is 0 Å². The summed E-state index contributed by atoms with van der Waals surface area (Å²) >= 11 is 2.60. The summed E-state index contributed by atoms with van der Waals surface area (Å²) in [6.07, 6.45) is 3.09. The minimum absolute atomic E-state index is 0.0234. The standard InChI is InChI=1S/C25H29N6O7S2/c1-29(2)21(33)14-6-5-7-30(9-14)13-38-24(35)20-15(10-36-3)11-39-23-16(22(34)31(20)23)8-18(32)19(28-37-4)17-12-40-25(26)27-17/h5-7,9,12,16,23H,8,10-11,13H2,1-4H3,(H2,26,27)/q+1/b28-19+/t16-,23-/m1/s1. The molecule has 2 aliphatic heterocycles. The second-order valence-electron chi connectivity index (χ2n) is 9.09. The van der Waals surface area contributed by atoms with Crippen LogP contribution in [0.2, 0.25) is 0 Å². The van der Waals surface area contributed by atoms with Crippen LogP contribution in [0, 0.1) is 5.92 Å². The quantitative estimate of drug-likeness (QED) is 0.130. The van der Waals surface area contributed by atoms with Crippen LogP contribution in [-0.4, -0.2) is 90.1 Å². The van der Waals surface area contributed by atoms with Gasteiger partial charge in [-0.25, -0.2) is 9.78 Å². The number of hydrogen-bond donors (Lipinski definition) is 1. The fraction of sp³-hybridized carbons (Fsp3) is 0.400. The van der Waals surface area contributed by atoms with E-state index in [-0.39, 0.29) is 53.8 Å². The van der Waals surface area contributed by atoms with Crippen LogP contribution in [0.5, 0.6) is 0 Å². The fourth-order valence-electron chi connectivity index (χ4n) is 4.30. The van der Waals surface area contributed by atoms with Crippen LogP contribution in [-0.2, 0) is 35.4 Å². The molecule has 4 heterocycles. The van der Waals surface area contributed by atoms with Crippen LogP contribution in [0.1, 0.15) is 22.5 Å². The zero-order valence-electron chi connectivity index (χ0n) is 22.4. The molecule has 2 aromatic rings. The Hall–Kier alpha value is -3.82. The van der Waals surface area contributed by atoms with Gasteiger partial charge in [0.1, 0.15) is 24.1 Å². The number of nitrogen functional groups attached to an aromatic ring is 1. The van der Waals surface area contributed by atoms with Crippen molar-refractivity contribution >= 4 is 57.5 Å². The first-order valence-electron chi connectivity index (χ1n) is 12.1. The molecule has 40 heavy (non-hydrogen) atoms. The monoisotopic (exact) mass is 589 g/mol. The van der Waals surface area contributed by atoms with Crippen molar-refractivity contribution in [2.45, 2.75) is 18.5 Å². The third-order valence-corrected chi connectivity index (χ3v) is 8.21. The zero-order valence-corrected chi connectivity index (χ0v) is 24.0. The van der Waals surface area contributed by atoms with Gasteiger partial charge in [-0.3, -0.25) is 19.3 Å². The Morgan fingerprint density at radius 2 is 2.08 bits per heavy atom.